The molecule has 242 valence electrons. The van der Waals surface area contributed by atoms with Crippen LogP contribution in [0.2, 0.25) is 0 Å². The van der Waals surface area contributed by atoms with Crippen molar-refractivity contribution in [2.75, 3.05) is 0 Å². The molecule has 10 atom stereocenters. The molecule has 0 aromatic carbocycles. The lowest BCUT2D eigenvalue weighted by atomic mass is 9.64. The average Bonchev–Trinajstić information content (AvgIpc) is 2.93. The fraction of sp³-hybridized carbons (Fsp3) is 0.878. The Morgan fingerprint density at radius 3 is 1.67 bits per heavy atom. The summed E-state index contributed by atoms with van der Waals surface area (Å²) in [5, 5.41) is 0. The summed E-state index contributed by atoms with van der Waals surface area (Å²) in [7, 11) is 0. The molecule has 0 heterocycles. The largest absolute Gasteiger partial charge is 0.303 e. The Labute approximate surface area is 263 Å². The summed E-state index contributed by atoms with van der Waals surface area (Å²) in [6.07, 6.45) is 23.5. The van der Waals surface area contributed by atoms with Crippen LogP contribution < -0.4 is 0 Å². The first-order valence-corrected chi connectivity index (χ1v) is 18.7. The topological polar surface area (TPSA) is 17.1 Å². The molecule has 3 saturated carbocycles. The highest BCUT2D eigenvalue weighted by molar-refractivity contribution is 5.54. The van der Waals surface area contributed by atoms with Crippen molar-refractivity contribution < 1.29 is 4.79 Å². The van der Waals surface area contributed by atoms with Crippen LogP contribution in [0.3, 0.4) is 0 Å². The number of carbonyl (C=O) groups is 1. The fourth-order valence-electron chi connectivity index (χ4n) is 10.0. The maximum Gasteiger partial charge on any atom is 0.123 e. The van der Waals surface area contributed by atoms with Crippen LogP contribution in [0.25, 0.3) is 0 Å². The molecule has 0 radical (unpaired) electrons. The second kappa shape index (κ2) is 17.0. The van der Waals surface area contributed by atoms with Gasteiger partial charge in [-0.1, -0.05) is 105 Å². The predicted octanol–water partition coefficient (Wildman–Crippen LogP) is 12.4. The van der Waals surface area contributed by atoms with Crippen molar-refractivity contribution in [2.24, 2.45) is 76.9 Å². The van der Waals surface area contributed by atoms with Crippen LogP contribution in [0, 0.1) is 76.9 Å². The summed E-state index contributed by atoms with van der Waals surface area (Å²) in [4.78, 5) is 12.5. The highest BCUT2D eigenvalue weighted by Crippen LogP contribution is 2.46. The summed E-state index contributed by atoms with van der Waals surface area (Å²) in [5.74, 6) is 9.39. The minimum atomic E-state index is 0.229. The van der Waals surface area contributed by atoms with E-state index in [-0.39, 0.29) is 5.92 Å². The van der Waals surface area contributed by atoms with Gasteiger partial charge in [-0.2, -0.15) is 0 Å². The molecule has 42 heavy (non-hydrogen) atoms. The Kier molecular flexibility index (Phi) is 14.4. The summed E-state index contributed by atoms with van der Waals surface area (Å²) >= 11 is 0. The van der Waals surface area contributed by atoms with Crippen molar-refractivity contribution in [3.8, 4) is 0 Å². The number of hydrogen-bond donors (Lipinski definition) is 0. The highest BCUT2D eigenvalue weighted by Gasteiger charge is 2.36. The fourth-order valence-corrected chi connectivity index (χ4v) is 10.0. The Morgan fingerprint density at radius 1 is 0.619 bits per heavy atom. The number of aldehydes is 1. The lowest BCUT2D eigenvalue weighted by molar-refractivity contribution is -0.114. The van der Waals surface area contributed by atoms with Crippen LogP contribution in [0.5, 0.6) is 0 Å². The Bertz CT molecular complexity index is 860. The molecule has 1 nitrogen and oxygen atoms in total. The van der Waals surface area contributed by atoms with Gasteiger partial charge in [-0.15, -0.1) is 0 Å². The zero-order valence-electron chi connectivity index (χ0n) is 29.8. The van der Waals surface area contributed by atoms with Crippen LogP contribution in [-0.2, 0) is 4.79 Å². The maximum absolute atomic E-state index is 12.5. The van der Waals surface area contributed by atoms with Crippen LogP contribution in [0.1, 0.15) is 153 Å². The number of carbonyl (C=O) groups excluding carboxylic acids is 1. The van der Waals surface area contributed by atoms with E-state index >= 15 is 0 Å². The molecule has 3 rings (SSSR count). The van der Waals surface area contributed by atoms with E-state index in [2.05, 4.69) is 81.4 Å². The van der Waals surface area contributed by atoms with Gasteiger partial charge in [0.15, 0.2) is 0 Å². The number of hydrogen-bond acceptors (Lipinski definition) is 1. The highest BCUT2D eigenvalue weighted by atomic mass is 16.1. The van der Waals surface area contributed by atoms with Crippen molar-refractivity contribution >= 4 is 6.29 Å². The summed E-state index contributed by atoms with van der Waals surface area (Å²) in [6.45, 7) is 24.4. The van der Waals surface area contributed by atoms with Crippen molar-refractivity contribution in [1.82, 2.24) is 0 Å². The molecule has 3 aliphatic carbocycles. The minimum Gasteiger partial charge on any atom is -0.303 e. The normalized spacial score (nSPS) is 36.1. The molecule has 3 fully saturated rings. The molecule has 0 saturated heterocycles. The van der Waals surface area contributed by atoms with Gasteiger partial charge in [-0.05, 0) is 142 Å². The molecule has 3 aliphatic rings. The van der Waals surface area contributed by atoms with E-state index < -0.39 is 0 Å². The molecule has 0 aromatic rings. The Morgan fingerprint density at radius 2 is 1.12 bits per heavy atom. The van der Waals surface area contributed by atoms with Gasteiger partial charge in [0, 0.05) is 5.92 Å². The first kappa shape index (κ1) is 35.6. The van der Waals surface area contributed by atoms with Gasteiger partial charge in [-0.25, -0.2) is 0 Å². The standard InChI is InChI=1S/C41H72O/c1-27(2)36-20-17-30(7)23-39(36)33(10)13-11-14-34(40-24-31(8)18-21-37(40)28(3)4)15-12-16-35(26-42)41-25-32(9)19-22-38(41)29(5)6/h13,15,26-32,35-41H,11-12,14,16-25H2,1-10H3/b33-13-,34-15-. The van der Waals surface area contributed by atoms with E-state index in [1.54, 1.807) is 11.1 Å². The minimum absolute atomic E-state index is 0.229. The third-order valence-electron chi connectivity index (χ3n) is 12.7. The molecule has 10 unspecified atom stereocenters. The molecule has 0 N–H and O–H groups in total. The molecular formula is C41H72O. The first-order chi connectivity index (χ1) is 19.9. The zero-order chi connectivity index (χ0) is 31.0. The second-order valence-corrected chi connectivity index (χ2v) is 17.0. The van der Waals surface area contributed by atoms with E-state index in [1.165, 1.54) is 76.9 Å². The van der Waals surface area contributed by atoms with Gasteiger partial charge >= 0.3 is 0 Å². The lowest BCUT2D eigenvalue weighted by Gasteiger charge is -2.40. The van der Waals surface area contributed by atoms with Crippen LogP contribution in [-0.4, -0.2) is 6.29 Å². The van der Waals surface area contributed by atoms with E-state index in [1.807, 2.05) is 0 Å². The predicted molar refractivity (Wildman–Crippen MR) is 184 cm³/mol. The monoisotopic (exact) mass is 581 g/mol. The molecule has 0 amide bonds. The van der Waals surface area contributed by atoms with Crippen LogP contribution in [0.15, 0.2) is 23.3 Å². The van der Waals surface area contributed by atoms with Gasteiger partial charge in [-0.3, -0.25) is 0 Å². The van der Waals surface area contributed by atoms with Crippen molar-refractivity contribution in [1.29, 1.82) is 0 Å². The third kappa shape index (κ3) is 9.83. The quantitative estimate of drug-likeness (QED) is 0.156. The number of rotatable bonds is 13. The van der Waals surface area contributed by atoms with Crippen molar-refractivity contribution in [3.05, 3.63) is 23.3 Å². The lowest BCUT2D eigenvalue weighted by Crippen LogP contribution is -2.33. The molecule has 0 bridgehead atoms. The zero-order valence-corrected chi connectivity index (χ0v) is 29.8. The average molecular weight is 581 g/mol. The van der Waals surface area contributed by atoms with Gasteiger partial charge in [0.2, 0.25) is 0 Å². The van der Waals surface area contributed by atoms with E-state index in [0.29, 0.717) is 11.8 Å². The summed E-state index contributed by atoms with van der Waals surface area (Å²) in [5.41, 5.74) is 3.41. The van der Waals surface area contributed by atoms with Crippen LogP contribution in [0.4, 0.5) is 0 Å². The van der Waals surface area contributed by atoms with E-state index in [9.17, 15) is 4.79 Å². The summed E-state index contributed by atoms with van der Waals surface area (Å²) < 4.78 is 0. The Balaban J connectivity index is 1.77. The van der Waals surface area contributed by atoms with Gasteiger partial charge in [0.1, 0.15) is 6.29 Å². The van der Waals surface area contributed by atoms with Gasteiger partial charge < -0.3 is 4.79 Å². The van der Waals surface area contributed by atoms with E-state index in [0.717, 1.165) is 72.0 Å². The maximum atomic E-state index is 12.5. The second-order valence-electron chi connectivity index (χ2n) is 17.0. The smallest absolute Gasteiger partial charge is 0.123 e. The molecule has 0 aliphatic heterocycles. The summed E-state index contributed by atoms with van der Waals surface area (Å²) in [6, 6.07) is 0. The first-order valence-electron chi connectivity index (χ1n) is 18.7. The SMILES string of the molecule is C/C(=C/CC/C(=C/CCC(C=O)C1CC(C)CCC1C(C)C)C1CC(C)CCC1C(C)C)C1CC(C)CCC1C(C)C. The molecular weight excluding hydrogens is 508 g/mol. The molecule has 0 spiro atoms. The van der Waals surface area contributed by atoms with Gasteiger partial charge in [0.05, 0.1) is 0 Å². The molecule has 1 heteroatoms. The van der Waals surface area contributed by atoms with Crippen molar-refractivity contribution in [2.45, 2.75) is 153 Å². The Hall–Kier alpha value is -0.850. The number of allylic oxidation sites excluding steroid dienone is 4. The third-order valence-corrected chi connectivity index (χ3v) is 12.7. The van der Waals surface area contributed by atoms with Crippen LogP contribution >= 0.6 is 0 Å². The van der Waals surface area contributed by atoms with Gasteiger partial charge in [0.25, 0.3) is 0 Å². The van der Waals surface area contributed by atoms with E-state index in [4.69, 9.17) is 0 Å². The van der Waals surface area contributed by atoms with Crippen molar-refractivity contribution in [3.63, 3.8) is 0 Å². The molecule has 0 aromatic heterocycles.